The maximum absolute atomic E-state index is 13.8. The number of anilines is 1. The average Bonchev–Trinajstić information content (AvgIpc) is 2.80. The molecular weight excluding hydrogens is 482 g/mol. The van der Waals surface area contributed by atoms with Crippen LogP contribution >= 0.6 is 15.9 Å². The molecule has 1 atom stereocenters. The van der Waals surface area contributed by atoms with Crippen molar-refractivity contribution in [3.05, 3.63) is 75.9 Å². The minimum Gasteiger partial charge on any atom is -0.472 e. The van der Waals surface area contributed by atoms with E-state index in [2.05, 4.69) is 26.2 Å². The first-order valence-corrected chi connectivity index (χ1v) is 11.1. The van der Waals surface area contributed by atoms with Gasteiger partial charge in [-0.2, -0.15) is 0 Å². The predicted molar refractivity (Wildman–Crippen MR) is 123 cm³/mol. The van der Waals surface area contributed by atoms with E-state index in [1.54, 1.807) is 0 Å². The van der Waals surface area contributed by atoms with Crippen LogP contribution in [0.2, 0.25) is 0 Å². The van der Waals surface area contributed by atoms with E-state index < -0.39 is 11.6 Å². The zero-order valence-electron chi connectivity index (χ0n) is 17.5. The lowest BCUT2D eigenvalue weighted by molar-refractivity contribution is 0.0736. The van der Waals surface area contributed by atoms with Crippen molar-refractivity contribution in [3.8, 4) is 0 Å². The van der Waals surface area contributed by atoms with Crippen molar-refractivity contribution in [1.82, 2.24) is 10.2 Å². The minimum atomic E-state index is -0.661. The lowest BCUT2D eigenvalue weighted by atomic mass is 10.1. The number of nitrogens with zero attached hydrogens (tertiary/aromatic N) is 3. The summed E-state index contributed by atoms with van der Waals surface area (Å²) in [4.78, 5) is 21.0. The SMILES string of the molecule is CC1N=C(OCc2ccc(F)cc2F)C(Br)=CN1c1ccc(C(=O)N2CCNCC2)cc1. The molecule has 0 aliphatic carbocycles. The molecule has 168 valence electrons. The predicted octanol–water partition coefficient (Wildman–Crippen LogP) is 4.03. The van der Waals surface area contributed by atoms with Gasteiger partial charge in [0.05, 0.1) is 4.48 Å². The lowest BCUT2D eigenvalue weighted by Crippen LogP contribution is -2.46. The van der Waals surface area contributed by atoms with Gasteiger partial charge < -0.3 is 19.9 Å². The van der Waals surface area contributed by atoms with Crippen LogP contribution in [-0.4, -0.2) is 49.0 Å². The van der Waals surface area contributed by atoms with E-state index in [1.807, 2.05) is 47.2 Å². The standard InChI is InChI=1S/C23H23BrF2N4O2/c1-15-28-22(32-14-17-2-5-18(25)12-21(17)26)20(24)13-30(15)19-6-3-16(4-7-19)23(31)29-10-8-27-9-11-29/h2-7,12-13,15,27H,8-11,14H2,1H3. The van der Waals surface area contributed by atoms with Crippen LogP contribution in [0, 0.1) is 11.6 Å². The van der Waals surface area contributed by atoms with Crippen LogP contribution in [-0.2, 0) is 11.3 Å². The molecule has 2 aliphatic rings. The van der Waals surface area contributed by atoms with Gasteiger partial charge in [0.1, 0.15) is 24.4 Å². The van der Waals surface area contributed by atoms with Crippen LogP contribution in [0.3, 0.4) is 0 Å². The normalized spacial score (nSPS) is 18.8. The molecule has 2 aliphatic heterocycles. The number of amides is 1. The molecule has 1 N–H and O–H groups in total. The number of nitrogens with one attached hydrogen (secondary N) is 1. The molecule has 4 rings (SSSR count). The van der Waals surface area contributed by atoms with Gasteiger partial charge in [-0.15, -0.1) is 0 Å². The zero-order valence-corrected chi connectivity index (χ0v) is 19.1. The first-order valence-electron chi connectivity index (χ1n) is 10.3. The number of rotatable bonds is 4. The average molecular weight is 505 g/mol. The maximum atomic E-state index is 13.8. The Morgan fingerprint density at radius 3 is 2.59 bits per heavy atom. The van der Waals surface area contributed by atoms with E-state index in [0.29, 0.717) is 29.0 Å². The second-order valence-corrected chi connectivity index (χ2v) is 8.42. The van der Waals surface area contributed by atoms with Crippen LogP contribution in [0.4, 0.5) is 14.5 Å². The molecule has 0 spiro atoms. The van der Waals surface area contributed by atoms with Crippen LogP contribution in [0.1, 0.15) is 22.8 Å². The monoisotopic (exact) mass is 504 g/mol. The highest BCUT2D eigenvalue weighted by atomic mass is 79.9. The fourth-order valence-corrected chi connectivity index (χ4v) is 4.02. The van der Waals surface area contributed by atoms with E-state index in [0.717, 1.165) is 24.8 Å². The van der Waals surface area contributed by atoms with E-state index >= 15 is 0 Å². The number of carbonyl (C=O) groups is 1. The van der Waals surface area contributed by atoms with Crippen molar-refractivity contribution < 1.29 is 18.3 Å². The molecule has 1 saturated heterocycles. The van der Waals surface area contributed by atoms with Crippen LogP contribution in [0.25, 0.3) is 0 Å². The Morgan fingerprint density at radius 2 is 1.91 bits per heavy atom. The van der Waals surface area contributed by atoms with Gasteiger partial charge in [-0.3, -0.25) is 4.79 Å². The highest BCUT2D eigenvalue weighted by Crippen LogP contribution is 2.27. The van der Waals surface area contributed by atoms with Crippen molar-refractivity contribution in [2.75, 3.05) is 31.1 Å². The summed E-state index contributed by atoms with van der Waals surface area (Å²) in [5.74, 6) is -0.926. The second kappa shape index (κ2) is 9.79. The Bertz CT molecular complexity index is 1050. The van der Waals surface area contributed by atoms with Crippen LogP contribution < -0.4 is 10.2 Å². The van der Waals surface area contributed by atoms with Gasteiger partial charge in [-0.25, -0.2) is 13.8 Å². The summed E-state index contributed by atoms with van der Waals surface area (Å²) >= 11 is 3.46. The summed E-state index contributed by atoms with van der Waals surface area (Å²) < 4.78 is 33.2. The van der Waals surface area contributed by atoms with Crippen LogP contribution in [0.15, 0.2) is 58.1 Å². The molecule has 0 saturated carbocycles. The molecule has 1 amide bonds. The number of benzene rings is 2. The Balaban J connectivity index is 1.42. The van der Waals surface area contributed by atoms with E-state index in [1.165, 1.54) is 12.1 Å². The fraction of sp³-hybridized carbons (Fsp3) is 0.304. The Kier molecular flexibility index (Phi) is 6.86. The summed E-state index contributed by atoms with van der Waals surface area (Å²) in [5.41, 5.74) is 1.77. The number of piperazine rings is 1. The van der Waals surface area contributed by atoms with Crippen molar-refractivity contribution in [2.45, 2.75) is 19.7 Å². The van der Waals surface area contributed by atoms with Crippen molar-refractivity contribution in [2.24, 2.45) is 4.99 Å². The molecule has 1 unspecified atom stereocenters. The van der Waals surface area contributed by atoms with Crippen LogP contribution in [0.5, 0.6) is 0 Å². The molecule has 2 aromatic carbocycles. The van der Waals surface area contributed by atoms with E-state index in [-0.39, 0.29) is 24.2 Å². The summed E-state index contributed by atoms with van der Waals surface area (Å²) in [6.07, 6.45) is 1.56. The molecule has 9 heteroatoms. The van der Waals surface area contributed by atoms with E-state index in [9.17, 15) is 13.6 Å². The molecule has 32 heavy (non-hydrogen) atoms. The lowest BCUT2D eigenvalue weighted by Gasteiger charge is -2.30. The van der Waals surface area contributed by atoms with Gasteiger partial charge in [-0.1, -0.05) is 0 Å². The quantitative estimate of drug-likeness (QED) is 0.682. The third-order valence-corrected chi connectivity index (χ3v) is 5.90. The molecule has 0 radical (unpaired) electrons. The highest BCUT2D eigenvalue weighted by Gasteiger charge is 2.23. The molecule has 0 aromatic heterocycles. The van der Waals surface area contributed by atoms with Gasteiger partial charge in [0.2, 0.25) is 5.90 Å². The van der Waals surface area contributed by atoms with E-state index in [4.69, 9.17) is 4.74 Å². The molecule has 2 aromatic rings. The van der Waals surface area contributed by atoms with Gasteiger partial charge in [0, 0.05) is 55.3 Å². The third kappa shape index (κ3) is 4.99. The van der Waals surface area contributed by atoms with Gasteiger partial charge in [0.15, 0.2) is 0 Å². The number of ether oxygens (including phenoxy) is 1. The number of hydrogen-bond acceptors (Lipinski definition) is 5. The maximum Gasteiger partial charge on any atom is 0.253 e. The third-order valence-electron chi connectivity index (χ3n) is 5.36. The summed E-state index contributed by atoms with van der Waals surface area (Å²) in [5, 5.41) is 3.24. The fourth-order valence-electron chi connectivity index (χ4n) is 3.59. The first-order chi connectivity index (χ1) is 15.4. The zero-order chi connectivity index (χ0) is 22.7. The highest BCUT2D eigenvalue weighted by molar-refractivity contribution is 9.12. The molecule has 1 fully saturated rings. The Labute approximate surface area is 193 Å². The van der Waals surface area contributed by atoms with Crippen molar-refractivity contribution in [3.63, 3.8) is 0 Å². The van der Waals surface area contributed by atoms with Crippen molar-refractivity contribution >= 4 is 33.4 Å². The minimum absolute atomic E-state index is 0.0307. The smallest absolute Gasteiger partial charge is 0.253 e. The number of carbonyl (C=O) groups excluding carboxylic acids is 1. The summed E-state index contributed by atoms with van der Waals surface area (Å²) in [6, 6.07) is 10.8. The molecule has 6 nitrogen and oxygen atoms in total. The summed E-state index contributed by atoms with van der Waals surface area (Å²) in [7, 11) is 0. The molecular formula is C23H23BrF2N4O2. The number of halogens is 3. The van der Waals surface area contributed by atoms with Crippen molar-refractivity contribution in [1.29, 1.82) is 0 Å². The van der Waals surface area contributed by atoms with Gasteiger partial charge in [-0.05, 0) is 59.3 Å². The Hall–Kier alpha value is -2.78. The van der Waals surface area contributed by atoms with Gasteiger partial charge >= 0.3 is 0 Å². The second-order valence-electron chi connectivity index (χ2n) is 7.56. The largest absolute Gasteiger partial charge is 0.472 e. The Morgan fingerprint density at radius 1 is 1.19 bits per heavy atom. The first kappa shape index (κ1) is 22.4. The summed E-state index contributed by atoms with van der Waals surface area (Å²) in [6.45, 7) is 4.87. The topological polar surface area (TPSA) is 57.2 Å². The number of aliphatic imine (C=N–C) groups is 1. The molecule has 2 heterocycles. The molecule has 0 bridgehead atoms. The number of hydrogen-bond donors (Lipinski definition) is 1. The van der Waals surface area contributed by atoms with Gasteiger partial charge in [0.25, 0.3) is 5.91 Å².